The van der Waals surface area contributed by atoms with Gasteiger partial charge in [-0.1, -0.05) is 58.6 Å². The molecule has 0 aliphatic rings. The van der Waals surface area contributed by atoms with Crippen molar-refractivity contribution in [3.63, 3.8) is 0 Å². The number of hydrogen-bond donors (Lipinski definition) is 1. The molecule has 1 unspecified atom stereocenters. The van der Waals surface area contributed by atoms with E-state index in [1.807, 2.05) is 31.2 Å². The summed E-state index contributed by atoms with van der Waals surface area (Å²) in [5, 5.41) is 0. The van der Waals surface area contributed by atoms with Crippen molar-refractivity contribution in [1.29, 1.82) is 0 Å². The molecule has 0 radical (unpaired) electrons. The van der Waals surface area contributed by atoms with Gasteiger partial charge < -0.3 is 5.73 Å². The van der Waals surface area contributed by atoms with Gasteiger partial charge in [0.25, 0.3) is 0 Å². The lowest BCUT2D eigenvalue weighted by Crippen LogP contribution is -1.89. The van der Waals surface area contributed by atoms with Crippen molar-refractivity contribution in [2.45, 2.75) is 53.4 Å². The van der Waals surface area contributed by atoms with Crippen LogP contribution in [0.3, 0.4) is 0 Å². The predicted octanol–water partition coefficient (Wildman–Crippen LogP) is 4.80. The maximum Gasteiger partial charge on any atom is 0.0316 e. The van der Waals surface area contributed by atoms with Gasteiger partial charge in [-0.25, -0.2) is 0 Å². The van der Waals surface area contributed by atoms with E-state index in [0.29, 0.717) is 0 Å². The minimum absolute atomic E-state index is 0.838. The Kier molecular flexibility index (Phi) is 8.69. The van der Waals surface area contributed by atoms with Crippen LogP contribution in [0, 0.1) is 12.8 Å². The van der Waals surface area contributed by atoms with E-state index in [0.717, 1.165) is 11.6 Å². The third kappa shape index (κ3) is 8.34. The maximum absolute atomic E-state index is 5.46. The zero-order valence-corrected chi connectivity index (χ0v) is 11.3. The quantitative estimate of drug-likeness (QED) is 0.726. The van der Waals surface area contributed by atoms with Gasteiger partial charge in [0, 0.05) is 5.69 Å². The van der Waals surface area contributed by atoms with Crippen molar-refractivity contribution in [2.75, 3.05) is 5.73 Å². The minimum atomic E-state index is 0.838. The van der Waals surface area contributed by atoms with Crippen LogP contribution in [0.15, 0.2) is 24.3 Å². The standard InChI is InChI=1S/C8H18.C7H9N/c1-4-6-7-8(3)5-2;1-6-3-2-4-7(8)5-6/h8H,4-7H2,1-3H3;2-5H,8H2,1H3. The molecule has 0 aliphatic heterocycles. The SMILES string of the molecule is CCCCC(C)CC.Cc1cccc(N)c1. The molecule has 1 aromatic carbocycles. The Balaban J connectivity index is 0.000000281. The number of benzene rings is 1. The summed E-state index contributed by atoms with van der Waals surface area (Å²) in [6.07, 6.45) is 5.53. The van der Waals surface area contributed by atoms with E-state index in [1.165, 1.54) is 31.2 Å². The highest BCUT2D eigenvalue weighted by Gasteiger charge is 1.94. The second-order valence-corrected chi connectivity index (χ2v) is 4.57. The van der Waals surface area contributed by atoms with E-state index < -0.39 is 0 Å². The molecule has 0 saturated carbocycles. The van der Waals surface area contributed by atoms with Crippen LogP contribution < -0.4 is 5.73 Å². The molecule has 1 aromatic rings. The van der Waals surface area contributed by atoms with Crippen molar-refractivity contribution < 1.29 is 0 Å². The molecular weight excluding hydrogens is 194 g/mol. The third-order valence-electron chi connectivity index (χ3n) is 2.79. The summed E-state index contributed by atoms with van der Waals surface area (Å²) in [6, 6.07) is 7.80. The summed E-state index contributed by atoms with van der Waals surface area (Å²) in [4.78, 5) is 0. The molecular formula is C15H27N. The summed E-state index contributed by atoms with van der Waals surface area (Å²) >= 11 is 0. The third-order valence-corrected chi connectivity index (χ3v) is 2.79. The molecule has 1 heteroatoms. The first-order chi connectivity index (χ1) is 7.60. The molecule has 0 aliphatic carbocycles. The van der Waals surface area contributed by atoms with Crippen LogP contribution in [-0.4, -0.2) is 0 Å². The number of hydrogen-bond acceptors (Lipinski definition) is 1. The van der Waals surface area contributed by atoms with Gasteiger partial charge in [0.05, 0.1) is 0 Å². The van der Waals surface area contributed by atoms with Gasteiger partial charge >= 0.3 is 0 Å². The molecule has 0 aromatic heterocycles. The van der Waals surface area contributed by atoms with Gasteiger partial charge in [0.15, 0.2) is 0 Å². The number of unbranched alkanes of at least 4 members (excludes halogenated alkanes) is 1. The molecule has 0 saturated heterocycles. The molecule has 2 N–H and O–H groups in total. The first-order valence-electron chi connectivity index (χ1n) is 6.42. The fourth-order valence-corrected chi connectivity index (χ4v) is 1.43. The van der Waals surface area contributed by atoms with Gasteiger partial charge in [-0.05, 0) is 30.5 Å². The lowest BCUT2D eigenvalue weighted by Gasteiger charge is -2.04. The second kappa shape index (κ2) is 9.26. The zero-order valence-electron chi connectivity index (χ0n) is 11.3. The Morgan fingerprint density at radius 2 is 1.94 bits per heavy atom. The monoisotopic (exact) mass is 221 g/mol. The van der Waals surface area contributed by atoms with Gasteiger partial charge in [0.1, 0.15) is 0 Å². The van der Waals surface area contributed by atoms with E-state index >= 15 is 0 Å². The predicted molar refractivity (Wildman–Crippen MR) is 74.6 cm³/mol. The van der Waals surface area contributed by atoms with Crippen LogP contribution in [0.5, 0.6) is 0 Å². The van der Waals surface area contributed by atoms with Crippen molar-refractivity contribution in [3.8, 4) is 0 Å². The Bertz CT molecular complexity index is 251. The van der Waals surface area contributed by atoms with E-state index in [-0.39, 0.29) is 0 Å². The molecule has 1 atom stereocenters. The van der Waals surface area contributed by atoms with E-state index in [2.05, 4.69) is 20.8 Å². The molecule has 1 rings (SSSR count). The Hall–Kier alpha value is -0.980. The number of anilines is 1. The zero-order chi connectivity index (χ0) is 12.4. The van der Waals surface area contributed by atoms with E-state index in [1.54, 1.807) is 0 Å². The van der Waals surface area contributed by atoms with Crippen molar-refractivity contribution in [2.24, 2.45) is 5.92 Å². The Morgan fingerprint density at radius 3 is 2.31 bits per heavy atom. The highest BCUT2D eigenvalue weighted by atomic mass is 14.5. The first kappa shape index (κ1) is 15.0. The summed E-state index contributed by atoms with van der Waals surface area (Å²) in [7, 11) is 0. The first-order valence-corrected chi connectivity index (χ1v) is 6.42. The van der Waals surface area contributed by atoms with Crippen LogP contribution in [0.4, 0.5) is 5.69 Å². The van der Waals surface area contributed by atoms with Crippen LogP contribution in [0.25, 0.3) is 0 Å². The molecule has 92 valence electrons. The smallest absolute Gasteiger partial charge is 0.0316 e. The molecule has 1 nitrogen and oxygen atoms in total. The number of aryl methyl sites for hydroxylation is 1. The highest BCUT2D eigenvalue weighted by Crippen LogP contribution is 2.09. The van der Waals surface area contributed by atoms with E-state index in [9.17, 15) is 0 Å². The average molecular weight is 221 g/mol. The molecule has 0 amide bonds. The number of nitrogen functional groups attached to an aromatic ring is 1. The van der Waals surface area contributed by atoms with Crippen molar-refractivity contribution in [3.05, 3.63) is 29.8 Å². The number of rotatable bonds is 4. The maximum atomic E-state index is 5.46. The van der Waals surface area contributed by atoms with Gasteiger partial charge in [-0.2, -0.15) is 0 Å². The molecule has 0 fully saturated rings. The largest absolute Gasteiger partial charge is 0.399 e. The molecule has 0 bridgehead atoms. The lowest BCUT2D eigenvalue weighted by atomic mass is 10.0. The Morgan fingerprint density at radius 1 is 1.25 bits per heavy atom. The number of nitrogens with two attached hydrogens (primary N) is 1. The van der Waals surface area contributed by atoms with Gasteiger partial charge in [-0.15, -0.1) is 0 Å². The fraction of sp³-hybridized carbons (Fsp3) is 0.600. The summed E-state index contributed by atoms with van der Waals surface area (Å²) in [5.74, 6) is 0.954. The van der Waals surface area contributed by atoms with E-state index in [4.69, 9.17) is 5.73 Å². The summed E-state index contributed by atoms with van der Waals surface area (Å²) < 4.78 is 0. The normalized spacial score (nSPS) is 11.5. The summed E-state index contributed by atoms with van der Waals surface area (Å²) in [6.45, 7) is 8.87. The minimum Gasteiger partial charge on any atom is -0.399 e. The van der Waals surface area contributed by atoms with Crippen LogP contribution >= 0.6 is 0 Å². The lowest BCUT2D eigenvalue weighted by molar-refractivity contribution is 0.492. The van der Waals surface area contributed by atoms with Gasteiger partial charge in [0.2, 0.25) is 0 Å². The molecule has 16 heavy (non-hydrogen) atoms. The van der Waals surface area contributed by atoms with Crippen molar-refractivity contribution >= 4 is 5.69 Å². The Labute approximate surface area is 101 Å². The average Bonchev–Trinajstić information content (AvgIpc) is 2.26. The van der Waals surface area contributed by atoms with Gasteiger partial charge in [-0.3, -0.25) is 0 Å². The van der Waals surface area contributed by atoms with Crippen molar-refractivity contribution in [1.82, 2.24) is 0 Å². The van der Waals surface area contributed by atoms with Crippen LogP contribution in [0.2, 0.25) is 0 Å². The highest BCUT2D eigenvalue weighted by molar-refractivity contribution is 5.39. The summed E-state index contributed by atoms with van der Waals surface area (Å²) in [5.41, 5.74) is 7.51. The topological polar surface area (TPSA) is 26.0 Å². The molecule has 0 spiro atoms. The molecule has 0 heterocycles. The second-order valence-electron chi connectivity index (χ2n) is 4.57. The fourth-order valence-electron chi connectivity index (χ4n) is 1.43. The van der Waals surface area contributed by atoms with Crippen LogP contribution in [0.1, 0.15) is 52.0 Å². The van der Waals surface area contributed by atoms with Crippen LogP contribution in [-0.2, 0) is 0 Å².